The molecule has 2 amide bonds. The van der Waals surface area contributed by atoms with E-state index in [4.69, 9.17) is 0 Å². The Bertz CT molecular complexity index is 883. The molecule has 3 N–H and O–H groups in total. The molecule has 0 saturated heterocycles. The number of amides is 2. The first-order valence-corrected chi connectivity index (χ1v) is 8.93. The minimum Gasteiger partial charge on any atom is -0.284 e. The Morgan fingerprint density at radius 2 is 1.56 bits per heavy atom. The van der Waals surface area contributed by atoms with E-state index in [0.29, 0.717) is 0 Å². The zero-order chi connectivity index (χ0) is 18.4. The van der Waals surface area contributed by atoms with Gasteiger partial charge in [-0.05, 0) is 49.4 Å². The maximum Gasteiger partial charge on any atom is 0.269 e. The highest BCUT2D eigenvalue weighted by Crippen LogP contribution is 2.12. The van der Waals surface area contributed by atoms with Crippen molar-refractivity contribution >= 4 is 27.5 Å². The van der Waals surface area contributed by atoms with Gasteiger partial charge in [-0.25, -0.2) is 12.8 Å². The lowest BCUT2D eigenvalue weighted by Crippen LogP contribution is -2.41. The number of hydrogen-bond acceptors (Lipinski definition) is 4. The van der Waals surface area contributed by atoms with Crippen LogP contribution in [0.25, 0.3) is 0 Å². The third-order valence-corrected chi connectivity index (χ3v) is 4.48. The summed E-state index contributed by atoms with van der Waals surface area (Å²) in [7, 11) is -3.46. The third-order valence-electron chi connectivity index (χ3n) is 3.17. The summed E-state index contributed by atoms with van der Waals surface area (Å²) in [5.41, 5.74) is 4.96. The fraction of sp³-hybridized carbons (Fsp3) is 0.125. The molecule has 25 heavy (non-hydrogen) atoms. The highest BCUT2D eigenvalue weighted by Gasteiger charge is 2.12. The van der Waals surface area contributed by atoms with E-state index in [2.05, 4.69) is 15.6 Å². The molecule has 9 heteroatoms. The van der Waals surface area contributed by atoms with Gasteiger partial charge in [0, 0.05) is 16.8 Å². The van der Waals surface area contributed by atoms with E-state index in [1.807, 2.05) is 0 Å². The number of rotatable bonds is 5. The molecule has 0 aliphatic heterocycles. The highest BCUT2D eigenvalue weighted by atomic mass is 32.2. The second kappa shape index (κ2) is 7.75. The number of carbonyl (C=O) groups excluding carboxylic acids is 2. The lowest BCUT2D eigenvalue weighted by Gasteiger charge is -2.10. The maximum atomic E-state index is 12.8. The van der Waals surface area contributed by atoms with Crippen molar-refractivity contribution in [2.24, 2.45) is 0 Å². The maximum absolute atomic E-state index is 12.8. The SMILES string of the molecule is CCS(=O)(=O)Nc1cccc(C(=O)NNC(=O)c2ccc(F)cc2)c1. The molecule has 0 fully saturated rings. The highest BCUT2D eigenvalue weighted by molar-refractivity contribution is 7.92. The standard InChI is InChI=1S/C16H16FN3O4S/c1-2-25(23,24)20-14-5-3-4-12(10-14)16(22)19-18-15(21)11-6-8-13(17)9-7-11/h3-10,20H,2H2,1H3,(H,18,21)(H,19,22). The quantitative estimate of drug-likeness (QED) is 0.701. The fourth-order valence-corrected chi connectivity index (χ4v) is 2.47. The number of hydrazine groups is 1. The Morgan fingerprint density at radius 3 is 2.16 bits per heavy atom. The predicted molar refractivity (Wildman–Crippen MR) is 90.9 cm³/mol. The summed E-state index contributed by atoms with van der Waals surface area (Å²) in [6.07, 6.45) is 0. The molecule has 2 rings (SSSR count). The van der Waals surface area contributed by atoms with Crippen molar-refractivity contribution in [2.75, 3.05) is 10.5 Å². The van der Waals surface area contributed by atoms with Crippen LogP contribution < -0.4 is 15.6 Å². The van der Waals surface area contributed by atoms with Gasteiger partial charge in [-0.1, -0.05) is 6.07 Å². The summed E-state index contributed by atoms with van der Waals surface area (Å²) in [6, 6.07) is 10.6. The summed E-state index contributed by atoms with van der Waals surface area (Å²) in [5.74, 6) is -1.83. The van der Waals surface area contributed by atoms with Crippen molar-refractivity contribution in [3.05, 3.63) is 65.5 Å². The Hall–Kier alpha value is -2.94. The summed E-state index contributed by atoms with van der Waals surface area (Å²) >= 11 is 0. The number of nitrogens with one attached hydrogen (secondary N) is 3. The van der Waals surface area contributed by atoms with Gasteiger partial charge in [-0.15, -0.1) is 0 Å². The lowest BCUT2D eigenvalue weighted by molar-refractivity contribution is 0.0846. The Labute approximate surface area is 144 Å². The number of halogens is 1. The molecule has 0 radical (unpaired) electrons. The summed E-state index contributed by atoms with van der Waals surface area (Å²) < 4.78 is 38.2. The molecule has 7 nitrogen and oxygen atoms in total. The van der Waals surface area contributed by atoms with E-state index in [9.17, 15) is 22.4 Å². The number of sulfonamides is 1. The molecule has 0 bridgehead atoms. The van der Waals surface area contributed by atoms with E-state index in [0.717, 1.165) is 12.1 Å². The van der Waals surface area contributed by atoms with Crippen molar-refractivity contribution < 1.29 is 22.4 Å². The first kappa shape index (κ1) is 18.4. The Morgan fingerprint density at radius 1 is 0.960 bits per heavy atom. The molecule has 0 unspecified atom stereocenters. The number of benzene rings is 2. The number of carbonyl (C=O) groups is 2. The van der Waals surface area contributed by atoms with Crippen LogP contribution in [-0.2, 0) is 10.0 Å². The number of anilines is 1. The molecule has 2 aromatic carbocycles. The van der Waals surface area contributed by atoms with Crippen LogP contribution in [0, 0.1) is 5.82 Å². The monoisotopic (exact) mass is 365 g/mol. The molecular formula is C16H16FN3O4S. The van der Waals surface area contributed by atoms with Crippen LogP contribution in [0.3, 0.4) is 0 Å². The van der Waals surface area contributed by atoms with E-state index >= 15 is 0 Å². The van der Waals surface area contributed by atoms with Gasteiger partial charge in [0.15, 0.2) is 0 Å². The molecule has 0 aliphatic carbocycles. The normalized spacial score (nSPS) is 10.8. The van der Waals surface area contributed by atoms with Crippen molar-refractivity contribution in [2.45, 2.75) is 6.92 Å². The van der Waals surface area contributed by atoms with Crippen LogP contribution in [0.2, 0.25) is 0 Å². The van der Waals surface area contributed by atoms with E-state index in [1.165, 1.54) is 43.3 Å². The first-order valence-electron chi connectivity index (χ1n) is 7.27. The second-order valence-electron chi connectivity index (χ2n) is 5.00. The molecule has 0 heterocycles. The van der Waals surface area contributed by atoms with Gasteiger partial charge in [0.1, 0.15) is 5.82 Å². The van der Waals surface area contributed by atoms with Crippen LogP contribution in [0.15, 0.2) is 48.5 Å². The van der Waals surface area contributed by atoms with Gasteiger partial charge in [-0.2, -0.15) is 0 Å². The summed E-state index contributed by atoms with van der Waals surface area (Å²) in [5, 5.41) is 0. The molecular weight excluding hydrogens is 349 g/mol. The van der Waals surface area contributed by atoms with Gasteiger partial charge in [0.2, 0.25) is 10.0 Å². The third kappa shape index (κ3) is 5.28. The van der Waals surface area contributed by atoms with Gasteiger partial charge in [0.05, 0.1) is 5.75 Å². The predicted octanol–water partition coefficient (Wildman–Crippen LogP) is 1.66. The number of hydrogen-bond donors (Lipinski definition) is 3. The first-order chi connectivity index (χ1) is 11.8. The minimum atomic E-state index is -3.46. The molecule has 0 aromatic heterocycles. The molecule has 2 aromatic rings. The van der Waals surface area contributed by atoms with Crippen LogP contribution in [0.4, 0.5) is 10.1 Å². The zero-order valence-electron chi connectivity index (χ0n) is 13.2. The Balaban J connectivity index is 2.01. The smallest absolute Gasteiger partial charge is 0.269 e. The molecule has 0 saturated carbocycles. The van der Waals surface area contributed by atoms with Gasteiger partial charge in [0.25, 0.3) is 11.8 Å². The van der Waals surface area contributed by atoms with Gasteiger partial charge in [-0.3, -0.25) is 25.2 Å². The van der Waals surface area contributed by atoms with Crippen LogP contribution >= 0.6 is 0 Å². The van der Waals surface area contributed by atoms with Crippen molar-refractivity contribution in [3.63, 3.8) is 0 Å². The molecule has 0 atom stereocenters. The van der Waals surface area contributed by atoms with Crippen molar-refractivity contribution in [1.29, 1.82) is 0 Å². The van der Waals surface area contributed by atoms with Gasteiger partial charge < -0.3 is 0 Å². The van der Waals surface area contributed by atoms with Gasteiger partial charge >= 0.3 is 0 Å². The van der Waals surface area contributed by atoms with Crippen molar-refractivity contribution in [1.82, 2.24) is 10.9 Å². The average Bonchev–Trinajstić information content (AvgIpc) is 2.60. The lowest BCUT2D eigenvalue weighted by atomic mass is 10.2. The zero-order valence-corrected chi connectivity index (χ0v) is 14.1. The summed E-state index contributed by atoms with van der Waals surface area (Å²) in [6.45, 7) is 1.49. The van der Waals surface area contributed by atoms with E-state index < -0.39 is 27.7 Å². The largest absolute Gasteiger partial charge is 0.284 e. The van der Waals surface area contributed by atoms with E-state index in [1.54, 1.807) is 0 Å². The topological polar surface area (TPSA) is 104 Å². The molecule has 0 spiro atoms. The minimum absolute atomic E-state index is 0.100. The van der Waals surface area contributed by atoms with Crippen LogP contribution in [-0.4, -0.2) is 26.0 Å². The Kier molecular flexibility index (Phi) is 5.71. The summed E-state index contributed by atoms with van der Waals surface area (Å²) in [4.78, 5) is 23.9. The second-order valence-corrected chi connectivity index (χ2v) is 7.01. The van der Waals surface area contributed by atoms with Crippen LogP contribution in [0.1, 0.15) is 27.6 Å². The molecule has 132 valence electrons. The van der Waals surface area contributed by atoms with Crippen LogP contribution in [0.5, 0.6) is 0 Å². The average molecular weight is 365 g/mol. The van der Waals surface area contributed by atoms with Crippen molar-refractivity contribution in [3.8, 4) is 0 Å². The fourth-order valence-electron chi connectivity index (χ4n) is 1.83. The van der Waals surface area contributed by atoms with E-state index in [-0.39, 0.29) is 22.6 Å². The molecule has 0 aliphatic rings.